The van der Waals surface area contributed by atoms with E-state index in [4.69, 9.17) is 4.74 Å². The van der Waals surface area contributed by atoms with E-state index in [1.54, 1.807) is 19.2 Å². The van der Waals surface area contributed by atoms with Crippen LogP contribution in [0.15, 0.2) is 12.3 Å². The predicted molar refractivity (Wildman–Crippen MR) is 72.7 cm³/mol. The molecule has 5 nitrogen and oxygen atoms in total. The van der Waals surface area contributed by atoms with Crippen LogP contribution in [0.1, 0.15) is 28.8 Å². The fraction of sp³-hybridized carbons (Fsp3) is 0.571. The summed E-state index contributed by atoms with van der Waals surface area (Å²) in [5.74, 6) is 0.0631. The Hall–Kier alpha value is -1.62. The van der Waals surface area contributed by atoms with Gasteiger partial charge < -0.3 is 14.7 Å². The molecule has 1 N–H and O–H groups in total. The third-order valence-electron chi connectivity index (χ3n) is 3.50. The van der Waals surface area contributed by atoms with Crippen LogP contribution in [-0.2, 0) is 4.74 Å². The third kappa shape index (κ3) is 3.23. The van der Waals surface area contributed by atoms with Crippen LogP contribution in [0.25, 0.3) is 0 Å². The highest BCUT2D eigenvalue weighted by Gasteiger charge is 2.21. The van der Waals surface area contributed by atoms with Crippen molar-refractivity contribution in [2.75, 3.05) is 31.7 Å². The summed E-state index contributed by atoms with van der Waals surface area (Å²) in [5, 5.41) is 9.31. The van der Waals surface area contributed by atoms with Gasteiger partial charge in [-0.05, 0) is 37.3 Å². The molecular formula is C14H20N2O3. The van der Waals surface area contributed by atoms with Gasteiger partial charge in [0.15, 0.2) is 0 Å². The van der Waals surface area contributed by atoms with Crippen molar-refractivity contribution >= 4 is 11.8 Å². The van der Waals surface area contributed by atoms with Crippen LogP contribution in [0.4, 0.5) is 5.82 Å². The highest BCUT2D eigenvalue weighted by Crippen LogP contribution is 2.22. The molecule has 0 aromatic carbocycles. The van der Waals surface area contributed by atoms with Gasteiger partial charge in [-0.25, -0.2) is 9.78 Å². The zero-order chi connectivity index (χ0) is 13.8. The standard InChI is InChI=1S/C14H20N2O3/c1-10-5-6-15-13(12(10)14(17)18)16(2)8-11-4-3-7-19-9-11/h5-6,11H,3-4,7-9H2,1-2H3,(H,17,18). The maximum atomic E-state index is 11.3. The van der Waals surface area contributed by atoms with Crippen molar-refractivity contribution < 1.29 is 14.6 Å². The number of carbonyl (C=O) groups is 1. The molecule has 0 amide bonds. The Bertz CT molecular complexity index is 456. The van der Waals surface area contributed by atoms with Gasteiger partial charge in [-0.3, -0.25) is 0 Å². The largest absolute Gasteiger partial charge is 0.478 e. The van der Waals surface area contributed by atoms with E-state index in [0.29, 0.717) is 17.3 Å². The predicted octanol–water partition coefficient (Wildman–Crippen LogP) is 1.95. The van der Waals surface area contributed by atoms with Crippen molar-refractivity contribution in [2.45, 2.75) is 19.8 Å². The molecule has 0 saturated carbocycles. The van der Waals surface area contributed by atoms with Crippen LogP contribution in [0.5, 0.6) is 0 Å². The number of rotatable bonds is 4. The number of nitrogens with zero attached hydrogens (tertiary/aromatic N) is 2. The first-order valence-corrected chi connectivity index (χ1v) is 6.57. The van der Waals surface area contributed by atoms with Crippen LogP contribution in [-0.4, -0.2) is 42.9 Å². The smallest absolute Gasteiger partial charge is 0.339 e. The molecule has 5 heteroatoms. The number of anilines is 1. The first kappa shape index (κ1) is 13.8. The summed E-state index contributed by atoms with van der Waals surface area (Å²) in [6.45, 7) is 4.16. The molecule has 1 aliphatic rings. The van der Waals surface area contributed by atoms with Gasteiger partial charge in [0.05, 0.1) is 6.61 Å². The lowest BCUT2D eigenvalue weighted by Gasteiger charge is -2.28. The fourth-order valence-electron chi connectivity index (χ4n) is 2.52. The van der Waals surface area contributed by atoms with Gasteiger partial charge in [-0.15, -0.1) is 0 Å². The molecule has 1 atom stereocenters. The fourth-order valence-corrected chi connectivity index (χ4v) is 2.52. The highest BCUT2D eigenvalue weighted by molar-refractivity contribution is 5.94. The molecule has 104 valence electrons. The molecule has 2 heterocycles. The van der Waals surface area contributed by atoms with Gasteiger partial charge in [-0.2, -0.15) is 0 Å². The molecule has 0 radical (unpaired) electrons. The Kier molecular flexibility index (Phi) is 4.37. The summed E-state index contributed by atoms with van der Waals surface area (Å²) in [7, 11) is 1.89. The minimum atomic E-state index is -0.924. The zero-order valence-corrected chi connectivity index (χ0v) is 11.4. The van der Waals surface area contributed by atoms with Crippen LogP contribution >= 0.6 is 0 Å². The van der Waals surface area contributed by atoms with E-state index in [1.807, 2.05) is 11.9 Å². The molecular weight excluding hydrogens is 244 g/mol. The monoisotopic (exact) mass is 264 g/mol. The Labute approximate surface area is 113 Å². The van der Waals surface area contributed by atoms with Crippen LogP contribution in [0.3, 0.4) is 0 Å². The summed E-state index contributed by atoms with van der Waals surface area (Å²) >= 11 is 0. The second kappa shape index (κ2) is 6.02. The topological polar surface area (TPSA) is 62.7 Å². The summed E-state index contributed by atoms with van der Waals surface area (Å²) < 4.78 is 5.46. The molecule has 19 heavy (non-hydrogen) atoms. The van der Waals surface area contributed by atoms with E-state index in [0.717, 1.165) is 38.2 Å². The van der Waals surface area contributed by atoms with Gasteiger partial charge in [0.25, 0.3) is 0 Å². The average molecular weight is 264 g/mol. The summed E-state index contributed by atoms with van der Waals surface area (Å²) in [5.41, 5.74) is 1.03. The Balaban J connectivity index is 2.16. The summed E-state index contributed by atoms with van der Waals surface area (Å²) in [6, 6.07) is 1.73. The number of aromatic nitrogens is 1. The van der Waals surface area contributed by atoms with Crippen molar-refractivity contribution in [2.24, 2.45) is 5.92 Å². The normalized spacial score (nSPS) is 19.2. The number of pyridine rings is 1. The molecule has 1 aromatic rings. The average Bonchev–Trinajstić information content (AvgIpc) is 2.39. The van der Waals surface area contributed by atoms with E-state index >= 15 is 0 Å². The van der Waals surface area contributed by atoms with E-state index in [2.05, 4.69) is 4.98 Å². The first-order chi connectivity index (χ1) is 9.09. The lowest BCUT2D eigenvalue weighted by molar-refractivity contribution is 0.0575. The van der Waals surface area contributed by atoms with Gasteiger partial charge in [0.2, 0.25) is 0 Å². The minimum Gasteiger partial charge on any atom is -0.478 e. The molecule has 1 aromatic heterocycles. The van der Waals surface area contributed by atoms with Crippen molar-refractivity contribution in [3.8, 4) is 0 Å². The molecule has 2 rings (SSSR count). The number of aryl methyl sites for hydroxylation is 1. The summed E-state index contributed by atoms with van der Waals surface area (Å²) in [6.07, 6.45) is 3.86. The van der Waals surface area contributed by atoms with Crippen LogP contribution in [0.2, 0.25) is 0 Å². The Morgan fingerprint density at radius 1 is 1.63 bits per heavy atom. The van der Waals surface area contributed by atoms with Gasteiger partial charge in [0.1, 0.15) is 11.4 Å². The molecule has 0 aliphatic carbocycles. The molecule has 1 fully saturated rings. The van der Waals surface area contributed by atoms with Crippen molar-refractivity contribution in [3.05, 3.63) is 23.4 Å². The molecule has 1 unspecified atom stereocenters. The molecule has 1 aliphatic heterocycles. The van der Waals surface area contributed by atoms with E-state index in [9.17, 15) is 9.90 Å². The number of carboxylic acid groups (broad SMARTS) is 1. The van der Waals surface area contributed by atoms with Crippen molar-refractivity contribution in [1.82, 2.24) is 4.98 Å². The van der Waals surface area contributed by atoms with E-state index in [1.165, 1.54) is 0 Å². The first-order valence-electron chi connectivity index (χ1n) is 6.57. The zero-order valence-electron chi connectivity index (χ0n) is 11.4. The SMILES string of the molecule is Cc1ccnc(N(C)CC2CCCOC2)c1C(=O)O. The summed E-state index contributed by atoms with van der Waals surface area (Å²) in [4.78, 5) is 17.5. The number of hydrogen-bond donors (Lipinski definition) is 1. The lowest BCUT2D eigenvalue weighted by Crippen LogP contribution is -2.32. The third-order valence-corrected chi connectivity index (χ3v) is 3.50. The maximum absolute atomic E-state index is 11.3. The number of carboxylic acids is 1. The lowest BCUT2D eigenvalue weighted by atomic mass is 10.0. The maximum Gasteiger partial charge on any atom is 0.339 e. The van der Waals surface area contributed by atoms with Crippen molar-refractivity contribution in [3.63, 3.8) is 0 Å². The second-order valence-electron chi connectivity index (χ2n) is 5.10. The number of hydrogen-bond acceptors (Lipinski definition) is 4. The Morgan fingerprint density at radius 2 is 2.42 bits per heavy atom. The molecule has 0 spiro atoms. The van der Waals surface area contributed by atoms with E-state index in [-0.39, 0.29) is 0 Å². The van der Waals surface area contributed by atoms with Gasteiger partial charge in [-0.1, -0.05) is 0 Å². The van der Waals surface area contributed by atoms with Crippen molar-refractivity contribution in [1.29, 1.82) is 0 Å². The molecule has 1 saturated heterocycles. The van der Waals surface area contributed by atoms with Crippen LogP contribution < -0.4 is 4.90 Å². The van der Waals surface area contributed by atoms with Gasteiger partial charge >= 0.3 is 5.97 Å². The van der Waals surface area contributed by atoms with Gasteiger partial charge in [0, 0.05) is 26.4 Å². The minimum absolute atomic E-state index is 0.293. The number of aromatic carboxylic acids is 1. The van der Waals surface area contributed by atoms with E-state index < -0.39 is 5.97 Å². The Morgan fingerprint density at radius 3 is 3.05 bits per heavy atom. The highest BCUT2D eigenvalue weighted by atomic mass is 16.5. The van der Waals surface area contributed by atoms with Crippen LogP contribution in [0, 0.1) is 12.8 Å². The number of ether oxygens (including phenoxy) is 1. The quantitative estimate of drug-likeness (QED) is 0.900. The molecule has 0 bridgehead atoms. The second-order valence-corrected chi connectivity index (χ2v) is 5.10.